The summed E-state index contributed by atoms with van der Waals surface area (Å²) in [5, 5.41) is 6.32. The van der Waals surface area contributed by atoms with Crippen LogP contribution in [0.15, 0.2) is 82.4 Å². The van der Waals surface area contributed by atoms with E-state index in [4.69, 9.17) is 4.74 Å². The number of ether oxygens (including phenoxy) is 1. The Kier molecular flexibility index (Phi) is 7.88. The van der Waals surface area contributed by atoms with E-state index in [1.165, 1.54) is 6.21 Å². The Labute approximate surface area is 193 Å². The summed E-state index contributed by atoms with van der Waals surface area (Å²) in [6, 6.07) is 20.7. The number of nitrogens with one attached hydrogen (secondary N) is 2. The van der Waals surface area contributed by atoms with Gasteiger partial charge in [0.25, 0.3) is 0 Å². The molecule has 0 aliphatic carbocycles. The number of hydrogen-bond acceptors (Lipinski definition) is 5. The minimum Gasteiger partial charge on any atom is -0.422 e. The molecule has 0 aliphatic heterocycles. The van der Waals surface area contributed by atoms with Gasteiger partial charge >= 0.3 is 17.8 Å². The van der Waals surface area contributed by atoms with Crippen molar-refractivity contribution in [1.82, 2.24) is 5.43 Å². The van der Waals surface area contributed by atoms with Crippen molar-refractivity contribution in [2.75, 3.05) is 5.32 Å². The Morgan fingerprint density at radius 2 is 1.69 bits per heavy atom. The standard InChI is InChI=1S/C24H20BrN3O4/c1-2-16-8-11-20(12-9-16)27-22(29)23(30)28-26-15-18-14-19(25)10-13-21(18)32-24(31)17-6-4-3-5-7-17/h3-15H,2H2,1H3,(H,27,29)(H,28,30)/b26-15-. The van der Waals surface area contributed by atoms with Crippen LogP contribution < -0.4 is 15.5 Å². The van der Waals surface area contributed by atoms with Crippen LogP contribution in [0.2, 0.25) is 0 Å². The summed E-state index contributed by atoms with van der Waals surface area (Å²) in [5.74, 6) is -2.06. The third kappa shape index (κ3) is 6.36. The minimum absolute atomic E-state index is 0.250. The average molecular weight is 494 g/mol. The van der Waals surface area contributed by atoms with E-state index in [0.29, 0.717) is 16.8 Å². The molecule has 0 fully saturated rings. The third-order valence-corrected chi connectivity index (χ3v) is 4.87. The number of hydrazone groups is 1. The highest BCUT2D eigenvalue weighted by Gasteiger charge is 2.14. The SMILES string of the molecule is CCc1ccc(NC(=O)C(=O)N/N=C\c2cc(Br)ccc2OC(=O)c2ccccc2)cc1. The van der Waals surface area contributed by atoms with Crippen LogP contribution in [0.4, 0.5) is 5.69 Å². The Morgan fingerprint density at radius 1 is 0.969 bits per heavy atom. The molecule has 0 unspecified atom stereocenters. The van der Waals surface area contributed by atoms with E-state index in [2.05, 4.69) is 31.8 Å². The molecule has 3 aromatic carbocycles. The van der Waals surface area contributed by atoms with Crippen molar-refractivity contribution in [2.24, 2.45) is 5.10 Å². The van der Waals surface area contributed by atoms with Gasteiger partial charge in [0, 0.05) is 15.7 Å². The van der Waals surface area contributed by atoms with E-state index in [1.54, 1.807) is 60.7 Å². The molecule has 7 nitrogen and oxygen atoms in total. The van der Waals surface area contributed by atoms with Crippen molar-refractivity contribution in [3.63, 3.8) is 0 Å². The fraction of sp³-hybridized carbons (Fsp3) is 0.0833. The van der Waals surface area contributed by atoms with Crippen LogP contribution in [-0.2, 0) is 16.0 Å². The smallest absolute Gasteiger partial charge is 0.343 e. The van der Waals surface area contributed by atoms with Gasteiger partial charge in [-0.25, -0.2) is 10.2 Å². The third-order valence-electron chi connectivity index (χ3n) is 4.38. The molecule has 2 amide bonds. The fourth-order valence-corrected chi connectivity index (χ4v) is 3.05. The van der Waals surface area contributed by atoms with Crippen molar-refractivity contribution in [2.45, 2.75) is 13.3 Å². The summed E-state index contributed by atoms with van der Waals surface area (Å²) >= 11 is 3.35. The van der Waals surface area contributed by atoms with Gasteiger partial charge in [-0.1, -0.05) is 53.2 Å². The maximum Gasteiger partial charge on any atom is 0.343 e. The summed E-state index contributed by atoms with van der Waals surface area (Å²) in [6.07, 6.45) is 2.17. The lowest BCUT2D eigenvalue weighted by molar-refractivity contribution is -0.136. The van der Waals surface area contributed by atoms with E-state index in [0.717, 1.165) is 16.5 Å². The number of halogens is 1. The minimum atomic E-state index is -0.932. The van der Waals surface area contributed by atoms with Crippen molar-refractivity contribution in [3.8, 4) is 5.75 Å². The van der Waals surface area contributed by atoms with Crippen molar-refractivity contribution >= 4 is 45.6 Å². The number of hydrogen-bond donors (Lipinski definition) is 2. The van der Waals surface area contributed by atoms with Gasteiger partial charge < -0.3 is 10.1 Å². The number of aryl methyl sites for hydroxylation is 1. The largest absolute Gasteiger partial charge is 0.422 e. The second-order valence-corrected chi connectivity index (χ2v) is 7.56. The maximum absolute atomic E-state index is 12.3. The zero-order valence-electron chi connectivity index (χ0n) is 17.2. The van der Waals surface area contributed by atoms with Crippen LogP contribution in [-0.4, -0.2) is 24.0 Å². The quantitative estimate of drug-likeness (QED) is 0.175. The van der Waals surface area contributed by atoms with Gasteiger partial charge in [-0.2, -0.15) is 5.10 Å². The number of esters is 1. The molecule has 3 aromatic rings. The molecular weight excluding hydrogens is 474 g/mol. The first kappa shape index (κ1) is 22.9. The van der Waals surface area contributed by atoms with Crippen LogP contribution >= 0.6 is 15.9 Å². The Hall–Kier alpha value is -3.78. The highest BCUT2D eigenvalue weighted by atomic mass is 79.9. The van der Waals surface area contributed by atoms with Gasteiger partial charge in [0.1, 0.15) is 5.75 Å². The van der Waals surface area contributed by atoms with Crippen LogP contribution in [0.25, 0.3) is 0 Å². The number of rotatable bonds is 6. The van der Waals surface area contributed by atoms with Gasteiger partial charge in [-0.05, 0) is 54.4 Å². The number of amides is 2. The number of benzene rings is 3. The van der Waals surface area contributed by atoms with Crippen molar-refractivity contribution in [1.29, 1.82) is 0 Å². The van der Waals surface area contributed by atoms with Gasteiger partial charge in [-0.3, -0.25) is 9.59 Å². The van der Waals surface area contributed by atoms with E-state index < -0.39 is 17.8 Å². The fourth-order valence-electron chi connectivity index (χ4n) is 2.67. The lowest BCUT2D eigenvalue weighted by atomic mass is 10.1. The molecule has 0 bridgehead atoms. The second kappa shape index (κ2) is 11.0. The maximum atomic E-state index is 12.3. The van der Waals surface area contributed by atoms with Gasteiger partial charge in [0.05, 0.1) is 11.8 Å². The molecule has 0 atom stereocenters. The summed E-state index contributed by atoms with van der Waals surface area (Å²) in [5.41, 5.74) is 4.62. The highest BCUT2D eigenvalue weighted by Crippen LogP contribution is 2.23. The Bertz CT molecular complexity index is 1150. The second-order valence-electron chi connectivity index (χ2n) is 6.64. The first-order valence-corrected chi connectivity index (χ1v) is 10.6. The predicted octanol–water partition coefficient (Wildman–Crippen LogP) is 4.32. The summed E-state index contributed by atoms with van der Waals surface area (Å²) < 4.78 is 6.17. The number of carbonyl (C=O) groups is 3. The van der Waals surface area contributed by atoms with Crippen LogP contribution in [0.1, 0.15) is 28.4 Å². The van der Waals surface area contributed by atoms with E-state index >= 15 is 0 Å². The normalized spacial score (nSPS) is 10.6. The van der Waals surface area contributed by atoms with E-state index in [1.807, 2.05) is 19.1 Å². The molecule has 0 saturated heterocycles. The Balaban J connectivity index is 1.63. The molecule has 2 N–H and O–H groups in total. The van der Waals surface area contributed by atoms with Crippen LogP contribution in [0, 0.1) is 0 Å². The molecule has 0 spiro atoms. The number of nitrogens with zero attached hydrogens (tertiary/aromatic N) is 1. The topological polar surface area (TPSA) is 96.9 Å². The van der Waals surface area contributed by atoms with E-state index in [9.17, 15) is 14.4 Å². The van der Waals surface area contributed by atoms with Gasteiger partial charge in [0.15, 0.2) is 0 Å². The molecular formula is C24H20BrN3O4. The average Bonchev–Trinajstić information content (AvgIpc) is 2.81. The van der Waals surface area contributed by atoms with Crippen molar-refractivity contribution < 1.29 is 19.1 Å². The molecule has 162 valence electrons. The number of anilines is 1. The van der Waals surface area contributed by atoms with Crippen molar-refractivity contribution in [3.05, 3.63) is 94.0 Å². The number of carbonyl (C=O) groups excluding carboxylic acids is 3. The summed E-state index contributed by atoms with van der Waals surface area (Å²) in [4.78, 5) is 36.4. The monoisotopic (exact) mass is 493 g/mol. The molecule has 0 radical (unpaired) electrons. The van der Waals surface area contributed by atoms with Crippen LogP contribution in [0.3, 0.4) is 0 Å². The molecule has 32 heavy (non-hydrogen) atoms. The zero-order valence-corrected chi connectivity index (χ0v) is 18.8. The summed E-state index contributed by atoms with van der Waals surface area (Å²) in [7, 11) is 0. The molecule has 0 saturated carbocycles. The highest BCUT2D eigenvalue weighted by molar-refractivity contribution is 9.10. The molecule has 0 heterocycles. The zero-order chi connectivity index (χ0) is 22.9. The first-order chi connectivity index (χ1) is 15.5. The summed E-state index contributed by atoms with van der Waals surface area (Å²) in [6.45, 7) is 2.03. The van der Waals surface area contributed by atoms with E-state index in [-0.39, 0.29) is 5.75 Å². The lowest BCUT2D eigenvalue weighted by Crippen LogP contribution is -2.32. The molecule has 8 heteroatoms. The predicted molar refractivity (Wildman–Crippen MR) is 126 cm³/mol. The first-order valence-electron chi connectivity index (χ1n) is 9.76. The molecule has 3 rings (SSSR count). The van der Waals surface area contributed by atoms with Crippen LogP contribution in [0.5, 0.6) is 5.75 Å². The Morgan fingerprint density at radius 3 is 2.38 bits per heavy atom. The lowest BCUT2D eigenvalue weighted by Gasteiger charge is -2.08. The van der Waals surface area contributed by atoms with Gasteiger partial charge in [0.2, 0.25) is 0 Å². The van der Waals surface area contributed by atoms with Gasteiger partial charge in [-0.15, -0.1) is 0 Å². The molecule has 0 aliphatic rings. The molecule has 0 aromatic heterocycles.